The lowest BCUT2D eigenvalue weighted by atomic mass is 10.1. The number of nitrogens with zero attached hydrogens (tertiary/aromatic N) is 2. The van der Waals surface area contributed by atoms with E-state index in [0.29, 0.717) is 11.6 Å². The molecule has 0 saturated heterocycles. The van der Waals surface area contributed by atoms with Crippen molar-refractivity contribution in [3.63, 3.8) is 0 Å². The van der Waals surface area contributed by atoms with E-state index in [-0.39, 0.29) is 18.0 Å². The van der Waals surface area contributed by atoms with Gasteiger partial charge in [-0.2, -0.15) is 5.10 Å². The van der Waals surface area contributed by atoms with Crippen molar-refractivity contribution in [2.45, 2.75) is 32.7 Å². The van der Waals surface area contributed by atoms with Crippen LogP contribution in [0, 0.1) is 5.82 Å². The van der Waals surface area contributed by atoms with Crippen LogP contribution in [0.3, 0.4) is 0 Å². The SMILES string of the molecule is CCC(C)n1ccc(CC(=O)c2ccc(F)cc2)n1. The Morgan fingerprint density at radius 1 is 1.32 bits per heavy atom. The molecule has 2 aromatic rings. The molecule has 4 heteroatoms. The molecule has 2 rings (SSSR count). The van der Waals surface area contributed by atoms with Crippen molar-refractivity contribution in [3.8, 4) is 0 Å². The quantitative estimate of drug-likeness (QED) is 0.772. The van der Waals surface area contributed by atoms with Gasteiger partial charge in [-0.1, -0.05) is 6.92 Å². The zero-order valence-corrected chi connectivity index (χ0v) is 11.1. The molecule has 0 spiro atoms. The molecule has 0 radical (unpaired) electrons. The number of hydrogen-bond donors (Lipinski definition) is 0. The van der Waals surface area contributed by atoms with E-state index < -0.39 is 0 Å². The minimum atomic E-state index is -0.336. The number of carbonyl (C=O) groups excluding carboxylic acids is 1. The summed E-state index contributed by atoms with van der Waals surface area (Å²) in [5, 5.41) is 4.39. The van der Waals surface area contributed by atoms with E-state index in [0.717, 1.165) is 12.1 Å². The van der Waals surface area contributed by atoms with Crippen molar-refractivity contribution < 1.29 is 9.18 Å². The molecule has 0 bridgehead atoms. The molecule has 100 valence electrons. The third kappa shape index (κ3) is 3.28. The average Bonchev–Trinajstić information content (AvgIpc) is 2.87. The summed E-state index contributed by atoms with van der Waals surface area (Å²) < 4.78 is 14.6. The van der Waals surface area contributed by atoms with Gasteiger partial charge in [0.15, 0.2) is 5.78 Å². The number of ketones is 1. The van der Waals surface area contributed by atoms with Crippen LogP contribution in [0.1, 0.15) is 42.4 Å². The Hall–Kier alpha value is -1.97. The number of halogens is 1. The Morgan fingerprint density at radius 3 is 2.63 bits per heavy atom. The summed E-state index contributed by atoms with van der Waals surface area (Å²) >= 11 is 0. The molecule has 1 unspecified atom stereocenters. The third-order valence-corrected chi connectivity index (χ3v) is 3.21. The highest BCUT2D eigenvalue weighted by Crippen LogP contribution is 2.11. The first kappa shape index (κ1) is 13.5. The van der Waals surface area contributed by atoms with Crippen LogP contribution in [0.15, 0.2) is 36.5 Å². The van der Waals surface area contributed by atoms with E-state index >= 15 is 0 Å². The highest BCUT2D eigenvalue weighted by Gasteiger charge is 2.10. The second-order valence-electron chi connectivity index (χ2n) is 4.65. The second kappa shape index (κ2) is 5.78. The lowest BCUT2D eigenvalue weighted by Gasteiger charge is -2.08. The van der Waals surface area contributed by atoms with Crippen LogP contribution < -0.4 is 0 Å². The zero-order valence-electron chi connectivity index (χ0n) is 11.1. The van der Waals surface area contributed by atoms with E-state index in [1.165, 1.54) is 24.3 Å². The Kier molecular flexibility index (Phi) is 4.10. The molecule has 0 amide bonds. The highest BCUT2D eigenvalue weighted by molar-refractivity contribution is 5.97. The Balaban J connectivity index is 2.06. The third-order valence-electron chi connectivity index (χ3n) is 3.21. The summed E-state index contributed by atoms with van der Waals surface area (Å²) in [6.45, 7) is 4.17. The molecule has 1 heterocycles. The summed E-state index contributed by atoms with van der Waals surface area (Å²) in [6.07, 6.45) is 3.13. The van der Waals surface area contributed by atoms with Crippen molar-refractivity contribution >= 4 is 5.78 Å². The smallest absolute Gasteiger partial charge is 0.168 e. The van der Waals surface area contributed by atoms with Gasteiger partial charge in [-0.05, 0) is 43.7 Å². The number of hydrogen-bond acceptors (Lipinski definition) is 2. The number of aromatic nitrogens is 2. The zero-order chi connectivity index (χ0) is 13.8. The van der Waals surface area contributed by atoms with Gasteiger partial charge in [0.1, 0.15) is 5.82 Å². The van der Waals surface area contributed by atoms with E-state index in [9.17, 15) is 9.18 Å². The van der Waals surface area contributed by atoms with Crippen LogP contribution in [0.25, 0.3) is 0 Å². The number of rotatable bonds is 5. The van der Waals surface area contributed by atoms with Gasteiger partial charge >= 0.3 is 0 Å². The first-order chi connectivity index (χ1) is 9.10. The maximum atomic E-state index is 12.8. The van der Waals surface area contributed by atoms with Crippen LogP contribution in [-0.2, 0) is 6.42 Å². The lowest BCUT2D eigenvalue weighted by Crippen LogP contribution is -2.07. The molecular weight excluding hydrogens is 243 g/mol. The summed E-state index contributed by atoms with van der Waals surface area (Å²) in [5.41, 5.74) is 1.26. The van der Waals surface area contributed by atoms with Crippen molar-refractivity contribution in [1.82, 2.24) is 9.78 Å². The molecule has 0 aliphatic carbocycles. The van der Waals surface area contributed by atoms with Gasteiger partial charge in [-0.15, -0.1) is 0 Å². The minimum Gasteiger partial charge on any atom is -0.294 e. The molecule has 0 fully saturated rings. The Labute approximate surface area is 112 Å². The molecule has 0 saturated carbocycles. The molecule has 3 nitrogen and oxygen atoms in total. The number of Topliss-reactive ketones (excluding diaryl/α,β-unsaturated/α-hetero) is 1. The first-order valence-corrected chi connectivity index (χ1v) is 6.43. The molecule has 0 N–H and O–H groups in total. The van der Waals surface area contributed by atoms with Crippen molar-refractivity contribution in [3.05, 3.63) is 53.6 Å². The Morgan fingerprint density at radius 2 is 2.00 bits per heavy atom. The fraction of sp³-hybridized carbons (Fsp3) is 0.333. The average molecular weight is 260 g/mol. The largest absolute Gasteiger partial charge is 0.294 e. The Bertz CT molecular complexity index is 560. The maximum Gasteiger partial charge on any atom is 0.168 e. The fourth-order valence-corrected chi connectivity index (χ4v) is 1.81. The lowest BCUT2D eigenvalue weighted by molar-refractivity contribution is 0.0991. The second-order valence-corrected chi connectivity index (χ2v) is 4.65. The van der Waals surface area contributed by atoms with E-state index in [1.807, 2.05) is 16.9 Å². The van der Waals surface area contributed by atoms with Crippen LogP contribution >= 0.6 is 0 Å². The highest BCUT2D eigenvalue weighted by atomic mass is 19.1. The van der Waals surface area contributed by atoms with Crippen molar-refractivity contribution in [1.29, 1.82) is 0 Å². The van der Waals surface area contributed by atoms with Gasteiger partial charge < -0.3 is 0 Å². The van der Waals surface area contributed by atoms with Crippen LogP contribution in [0.5, 0.6) is 0 Å². The van der Waals surface area contributed by atoms with Gasteiger partial charge in [-0.25, -0.2) is 4.39 Å². The normalized spacial score (nSPS) is 12.4. The van der Waals surface area contributed by atoms with Gasteiger partial charge in [0.05, 0.1) is 12.1 Å². The fourth-order valence-electron chi connectivity index (χ4n) is 1.81. The molecular formula is C15H17FN2O. The predicted molar refractivity (Wildman–Crippen MR) is 71.7 cm³/mol. The summed E-state index contributed by atoms with van der Waals surface area (Å²) in [7, 11) is 0. The summed E-state index contributed by atoms with van der Waals surface area (Å²) in [5.74, 6) is -0.382. The van der Waals surface area contributed by atoms with Gasteiger partial charge in [0, 0.05) is 17.8 Å². The maximum absolute atomic E-state index is 12.8. The minimum absolute atomic E-state index is 0.0469. The molecule has 1 aromatic heterocycles. The standard InChI is InChI=1S/C15H17FN2O/c1-3-11(2)18-9-8-14(17-18)10-15(19)12-4-6-13(16)7-5-12/h4-9,11H,3,10H2,1-2H3. The first-order valence-electron chi connectivity index (χ1n) is 6.43. The van der Waals surface area contributed by atoms with Gasteiger partial charge in [0.2, 0.25) is 0 Å². The topological polar surface area (TPSA) is 34.9 Å². The molecule has 0 aliphatic rings. The monoisotopic (exact) mass is 260 g/mol. The number of benzene rings is 1. The van der Waals surface area contributed by atoms with Crippen molar-refractivity contribution in [2.24, 2.45) is 0 Å². The molecule has 1 atom stereocenters. The predicted octanol–water partition coefficient (Wildman–Crippen LogP) is 3.42. The molecule has 0 aliphatic heterocycles. The molecule has 1 aromatic carbocycles. The molecule has 19 heavy (non-hydrogen) atoms. The van der Waals surface area contributed by atoms with Gasteiger partial charge in [-0.3, -0.25) is 9.48 Å². The number of carbonyl (C=O) groups is 1. The van der Waals surface area contributed by atoms with E-state index in [2.05, 4.69) is 18.9 Å². The van der Waals surface area contributed by atoms with Gasteiger partial charge in [0.25, 0.3) is 0 Å². The van der Waals surface area contributed by atoms with Crippen LogP contribution in [-0.4, -0.2) is 15.6 Å². The summed E-state index contributed by atoms with van der Waals surface area (Å²) in [6, 6.07) is 7.78. The van der Waals surface area contributed by atoms with Crippen molar-refractivity contribution in [2.75, 3.05) is 0 Å². The van der Waals surface area contributed by atoms with E-state index in [4.69, 9.17) is 0 Å². The van der Waals surface area contributed by atoms with Crippen LogP contribution in [0.4, 0.5) is 4.39 Å². The van der Waals surface area contributed by atoms with E-state index in [1.54, 1.807) is 0 Å². The summed E-state index contributed by atoms with van der Waals surface area (Å²) in [4.78, 5) is 12.0. The van der Waals surface area contributed by atoms with Crippen LogP contribution in [0.2, 0.25) is 0 Å².